The SMILES string of the molecule is CCCCCCOc1c(Cl)cc(C(=O)N(Cc2ccco2)Cc2ccc(N3CCCCC3)o2)cc1Cl. The number of furan rings is 2. The molecule has 0 radical (unpaired) electrons. The van der Waals surface area contributed by atoms with E-state index in [0.29, 0.717) is 39.5 Å². The molecule has 0 bridgehead atoms. The summed E-state index contributed by atoms with van der Waals surface area (Å²) in [5.41, 5.74) is 0.387. The molecule has 0 aliphatic carbocycles. The maximum atomic E-state index is 13.6. The average molecular weight is 533 g/mol. The lowest BCUT2D eigenvalue weighted by atomic mass is 10.1. The zero-order chi connectivity index (χ0) is 25.3. The zero-order valence-electron chi connectivity index (χ0n) is 20.8. The molecule has 1 fully saturated rings. The quantitative estimate of drug-likeness (QED) is 0.221. The maximum absolute atomic E-state index is 13.6. The summed E-state index contributed by atoms with van der Waals surface area (Å²) in [5, 5.41) is 0.648. The van der Waals surface area contributed by atoms with Gasteiger partial charge in [0.25, 0.3) is 5.91 Å². The van der Waals surface area contributed by atoms with Crippen LogP contribution < -0.4 is 9.64 Å². The highest BCUT2D eigenvalue weighted by molar-refractivity contribution is 6.37. The van der Waals surface area contributed by atoms with Crippen LogP contribution in [-0.2, 0) is 13.1 Å². The van der Waals surface area contributed by atoms with Crippen molar-refractivity contribution in [3.8, 4) is 5.75 Å². The molecule has 2 aromatic heterocycles. The Bertz CT molecular complexity index is 1080. The van der Waals surface area contributed by atoms with E-state index in [1.807, 2.05) is 18.2 Å². The first-order chi connectivity index (χ1) is 17.5. The van der Waals surface area contributed by atoms with Crippen molar-refractivity contribution in [2.45, 2.75) is 65.0 Å². The fraction of sp³-hybridized carbons (Fsp3) is 0.464. The molecule has 1 aliphatic heterocycles. The normalized spacial score (nSPS) is 13.7. The lowest BCUT2D eigenvalue weighted by Crippen LogP contribution is -2.30. The van der Waals surface area contributed by atoms with Crippen molar-refractivity contribution in [2.24, 2.45) is 0 Å². The average Bonchev–Trinajstić information content (AvgIpc) is 3.57. The van der Waals surface area contributed by atoms with Crippen LogP contribution in [-0.4, -0.2) is 30.5 Å². The van der Waals surface area contributed by atoms with E-state index in [4.69, 9.17) is 36.8 Å². The summed E-state index contributed by atoms with van der Waals surface area (Å²) in [6.45, 7) is 5.26. The van der Waals surface area contributed by atoms with Gasteiger partial charge in [0, 0.05) is 24.7 Å². The number of hydrogen-bond donors (Lipinski definition) is 0. The Labute approximate surface area is 223 Å². The molecule has 0 N–H and O–H groups in total. The third-order valence-corrected chi connectivity index (χ3v) is 6.93. The van der Waals surface area contributed by atoms with Gasteiger partial charge in [-0.2, -0.15) is 0 Å². The van der Waals surface area contributed by atoms with Crippen molar-refractivity contribution < 1.29 is 18.4 Å². The van der Waals surface area contributed by atoms with Crippen LogP contribution in [0.2, 0.25) is 10.0 Å². The summed E-state index contributed by atoms with van der Waals surface area (Å²) in [6, 6.07) is 10.8. The van der Waals surface area contributed by atoms with E-state index < -0.39 is 0 Å². The number of hydrogen-bond acceptors (Lipinski definition) is 5. The Morgan fingerprint density at radius 3 is 2.44 bits per heavy atom. The predicted octanol–water partition coefficient (Wildman–Crippen LogP) is 7.97. The van der Waals surface area contributed by atoms with Crippen LogP contribution in [0.4, 0.5) is 5.88 Å². The highest BCUT2D eigenvalue weighted by atomic mass is 35.5. The molecule has 1 aromatic carbocycles. The third kappa shape index (κ3) is 7.01. The van der Waals surface area contributed by atoms with Crippen LogP contribution in [0.15, 0.2) is 51.5 Å². The molecule has 3 aromatic rings. The molecule has 1 amide bonds. The minimum Gasteiger partial charge on any atom is -0.490 e. The van der Waals surface area contributed by atoms with Crippen LogP contribution in [0.3, 0.4) is 0 Å². The summed E-state index contributed by atoms with van der Waals surface area (Å²) < 4.78 is 17.5. The van der Waals surface area contributed by atoms with Gasteiger partial charge in [-0.1, -0.05) is 49.4 Å². The van der Waals surface area contributed by atoms with Crippen LogP contribution in [0, 0.1) is 0 Å². The molecule has 0 unspecified atom stereocenters. The minimum absolute atomic E-state index is 0.222. The van der Waals surface area contributed by atoms with E-state index in [-0.39, 0.29) is 19.0 Å². The molecule has 6 nitrogen and oxygen atoms in total. The van der Waals surface area contributed by atoms with Gasteiger partial charge in [-0.25, -0.2) is 0 Å². The standard InChI is InChI=1S/C28H34Cl2N2O4/c1-2-3-4-8-15-35-27-24(29)17-21(18-25(27)30)28(33)32(19-22-10-9-16-34-22)20-23-11-12-26(36-23)31-13-6-5-7-14-31/h9-12,16-18H,2-8,13-15,19-20H2,1H3. The predicted molar refractivity (Wildman–Crippen MR) is 143 cm³/mol. The third-order valence-electron chi connectivity index (χ3n) is 6.37. The summed E-state index contributed by atoms with van der Waals surface area (Å²) in [7, 11) is 0. The molecule has 194 valence electrons. The van der Waals surface area contributed by atoms with Gasteiger partial charge in [0.05, 0.1) is 36.0 Å². The summed E-state index contributed by atoms with van der Waals surface area (Å²) in [6.07, 6.45) is 9.53. The van der Waals surface area contributed by atoms with Crippen LogP contribution >= 0.6 is 23.2 Å². The molecular weight excluding hydrogens is 499 g/mol. The molecule has 0 atom stereocenters. The summed E-state index contributed by atoms with van der Waals surface area (Å²) >= 11 is 13.0. The van der Waals surface area contributed by atoms with Gasteiger partial charge in [0.1, 0.15) is 11.5 Å². The van der Waals surface area contributed by atoms with Crippen molar-refractivity contribution in [2.75, 3.05) is 24.6 Å². The fourth-order valence-electron chi connectivity index (χ4n) is 4.42. The molecular formula is C28H34Cl2N2O4. The maximum Gasteiger partial charge on any atom is 0.254 e. The van der Waals surface area contributed by atoms with Gasteiger partial charge >= 0.3 is 0 Å². The Morgan fingerprint density at radius 2 is 1.75 bits per heavy atom. The monoisotopic (exact) mass is 532 g/mol. The van der Waals surface area contributed by atoms with Gasteiger partial charge in [0.2, 0.25) is 0 Å². The molecule has 4 rings (SSSR count). The second-order valence-corrected chi connectivity index (χ2v) is 10.0. The Morgan fingerprint density at radius 1 is 1.00 bits per heavy atom. The molecule has 36 heavy (non-hydrogen) atoms. The first-order valence-electron chi connectivity index (χ1n) is 12.8. The first kappa shape index (κ1) is 26.5. The Balaban J connectivity index is 1.49. The molecule has 3 heterocycles. The number of piperidine rings is 1. The van der Waals surface area contributed by atoms with E-state index in [2.05, 4.69) is 11.8 Å². The zero-order valence-corrected chi connectivity index (χ0v) is 22.3. The molecule has 1 saturated heterocycles. The smallest absolute Gasteiger partial charge is 0.254 e. The number of unbranched alkanes of at least 4 members (excludes halogenated alkanes) is 3. The number of rotatable bonds is 12. The van der Waals surface area contributed by atoms with Gasteiger partial charge in [-0.3, -0.25) is 4.79 Å². The van der Waals surface area contributed by atoms with Crippen molar-refractivity contribution >= 4 is 35.0 Å². The van der Waals surface area contributed by atoms with Gasteiger partial charge in [-0.15, -0.1) is 0 Å². The second kappa shape index (κ2) is 13.1. The molecule has 0 saturated carbocycles. The topological polar surface area (TPSA) is 59.1 Å². The van der Waals surface area contributed by atoms with Crippen LogP contribution in [0.25, 0.3) is 0 Å². The van der Waals surface area contributed by atoms with Gasteiger partial charge < -0.3 is 23.4 Å². The largest absolute Gasteiger partial charge is 0.490 e. The number of amides is 1. The van der Waals surface area contributed by atoms with Gasteiger partial charge in [-0.05, 0) is 56.0 Å². The summed E-state index contributed by atoms with van der Waals surface area (Å²) in [4.78, 5) is 17.5. The number of anilines is 1. The Kier molecular flexibility index (Phi) is 9.65. The fourth-order valence-corrected chi connectivity index (χ4v) is 5.02. The molecule has 8 heteroatoms. The summed E-state index contributed by atoms with van der Waals surface area (Å²) in [5.74, 6) is 2.43. The van der Waals surface area contributed by atoms with Crippen LogP contribution in [0.1, 0.15) is 73.7 Å². The van der Waals surface area contributed by atoms with Crippen LogP contribution in [0.5, 0.6) is 5.75 Å². The van der Waals surface area contributed by atoms with E-state index >= 15 is 0 Å². The number of ether oxygens (including phenoxy) is 1. The lowest BCUT2D eigenvalue weighted by Gasteiger charge is -2.26. The second-order valence-electron chi connectivity index (χ2n) is 9.21. The Hall–Kier alpha value is -2.57. The molecule has 0 spiro atoms. The van der Waals surface area contributed by atoms with Gasteiger partial charge in [0.15, 0.2) is 11.6 Å². The minimum atomic E-state index is -0.222. The lowest BCUT2D eigenvalue weighted by molar-refractivity contribution is 0.0705. The molecule has 1 aliphatic rings. The van der Waals surface area contributed by atoms with E-state index in [0.717, 1.165) is 38.2 Å². The van der Waals surface area contributed by atoms with Crippen molar-refractivity contribution in [3.05, 3.63) is 69.8 Å². The van der Waals surface area contributed by atoms with Crippen molar-refractivity contribution in [1.82, 2.24) is 4.90 Å². The number of benzene rings is 1. The first-order valence-corrected chi connectivity index (χ1v) is 13.6. The van der Waals surface area contributed by atoms with E-state index in [1.165, 1.54) is 25.7 Å². The highest BCUT2D eigenvalue weighted by Crippen LogP contribution is 2.35. The van der Waals surface area contributed by atoms with E-state index in [9.17, 15) is 4.79 Å². The highest BCUT2D eigenvalue weighted by Gasteiger charge is 2.23. The van der Waals surface area contributed by atoms with Crippen molar-refractivity contribution in [1.29, 1.82) is 0 Å². The van der Waals surface area contributed by atoms with E-state index in [1.54, 1.807) is 29.4 Å². The number of halogens is 2. The number of nitrogens with zero attached hydrogens (tertiary/aromatic N) is 2. The van der Waals surface area contributed by atoms with Crippen molar-refractivity contribution in [3.63, 3.8) is 0 Å². The number of carbonyl (C=O) groups is 1. The number of carbonyl (C=O) groups excluding carboxylic acids is 1.